The highest BCUT2D eigenvalue weighted by Gasteiger charge is 2.14. The molecule has 8 heteroatoms. The van der Waals surface area contributed by atoms with Crippen molar-refractivity contribution in [1.29, 1.82) is 0 Å². The molecule has 2 aromatic carbocycles. The number of carbonyl (C=O) groups excluding carboxylic acids is 3. The van der Waals surface area contributed by atoms with E-state index in [1.54, 1.807) is 54.4 Å². The van der Waals surface area contributed by atoms with Crippen molar-refractivity contribution in [2.75, 3.05) is 11.9 Å². The first-order valence-electron chi connectivity index (χ1n) is 9.61. The summed E-state index contributed by atoms with van der Waals surface area (Å²) in [5.41, 5.74) is 7.39. The fourth-order valence-electron chi connectivity index (χ4n) is 2.73. The summed E-state index contributed by atoms with van der Waals surface area (Å²) in [6, 6.07) is 17.9. The number of para-hydroxylation sites is 1. The first-order chi connectivity index (χ1) is 15.0. The van der Waals surface area contributed by atoms with Crippen molar-refractivity contribution in [3.8, 4) is 0 Å². The van der Waals surface area contributed by atoms with E-state index in [9.17, 15) is 14.4 Å². The Bertz CT molecular complexity index is 1060. The Kier molecular flexibility index (Phi) is 7.78. The summed E-state index contributed by atoms with van der Waals surface area (Å²) in [6.07, 6.45) is 3.62. The molecule has 0 radical (unpaired) electrons. The van der Waals surface area contributed by atoms with E-state index >= 15 is 0 Å². The van der Waals surface area contributed by atoms with E-state index < -0.39 is 5.91 Å². The van der Waals surface area contributed by atoms with Gasteiger partial charge in [-0.3, -0.25) is 19.4 Å². The first-order valence-corrected chi connectivity index (χ1v) is 10.6. The molecular weight excluding hydrogens is 412 g/mol. The number of benzene rings is 2. The molecule has 0 bridgehead atoms. The second-order valence-electron chi connectivity index (χ2n) is 6.65. The van der Waals surface area contributed by atoms with Gasteiger partial charge in [0.2, 0.25) is 5.91 Å². The number of thioether (sulfide) groups is 1. The fraction of sp³-hybridized carbons (Fsp3) is 0.130. The zero-order chi connectivity index (χ0) is 22.1. The van der Waals surface area contributed by atoms with Crippen LogP contribution in [0.3, 0.4) is 0 Å². The zero-order valence-electron chi connectivity index (χ0n) is 16.7. The monoisotopic (exact) mass is 434 g/mol. The van der Waals surface area contributed by atoms with Gasteiger partial charge in [-0.25, -0.2) is 0 Å². The minimum atomic E-state index is -0.496. The van der Waals surface area contributed by atoms with Gasteiger partial charge in [-0.1, -0.05) is 18.2 Å². The number of rotatable bonds is 9. The summed E-state index contributed by atoms with van der Waals surface area (Å²) in [7, 11) is 0. The van der Waals surface area contributed by atoms with Gasteiger partial charge in [-0.05, 0) is 48.0 Å². The average molecular weight is 435 g/mol. The van der Waals surface area contributed by atoms with Crippen LogP contribution in [0.15, 0.2) is 78.0 Å². The molecule has 1 aromatic heterocycles. The Hall–Kier alpha value is -3.65. The molecule has 3 rings (SSSR count). The summed E-state index contributed by atoms with van der Waals surface area (Å²) in [5, 5.41) is 5.40. The Balaban J connectivity index is 1.61. The number of pyridine rings is 1. The molecule has 0 aliphatic carbocycles. The molecule has 3 amide bonds. The lowest BCUT2D eigenvalue weighted by atomic mass is 10.1. The molecule has 0 unspecified atom stereocenters. The third-order valence-corrected chi connectivity index (χ3v) is 5.40. The van der Waals surface area contributed by atoms with Crippen LogP contribution in [0.4, 0.5) is 5.69 Å². The van der Waals surface area contributed by atoms with Crippen LogP contribution in [0, 0.1) is 0 Å². The van der Waals surface area contributed by atoms with Crippen LogP contribution in [-0.4, -0.2) is 29.3 Å². The Morgan fingerprint density at radius 2 is 1.71 bits per heavy atom. The first kappa shape index (κ1) is 22.0. The Morgan fingerprint density at radius 1 is 0.935 bits per heavy atom. The molecule has 0 spiro atoms. The van der Waals surface area contributed by atoms with Crippen molar-refractivity contribution < 1.29 is 14.4 Å². The topological polar surface area (TPSA) is 114 Å². The summed E-state index contributed by atoms with van der Waals surface area (Å²) in [4.78, 5) is 41.0. The Labute approximate surface area is 184 Å². The summed E-state index contributed by atoms with van der Waals surface area (Å²) in [5.74, 6) is -0.415. The maximum absolute atomic E-state index is 12.7. The van der Waals surface area contributed by atoms with E-state index in [0.29, 0.717) is 16.8 Å². The molecule has 0 atom stereocenters. The van der Waals surface area contributed by atoms with Crippen molar-refractivity contribution >= 4 is 35.2 Å². The molecule has 4 N–H and O–H groups in total. The molecule has 31 heavy (non-hydrogen) atoms. The third-order valence-electron chi connectivity index (χ3n) is 4.32. The smallest absolute Gasteiger partial charge is 0.255 e. The molecule has 158 valence electrons. The molecule has 0 saturated carbocycles. The molecule has 0 aliphatic heterocycles. The average Bonchev–Trinajstić information content (AvgIpc) is 2.78. The number of nitrogens with one attached hydrogen (secondary N) is 2. The molecule has 0 saturated heterocycles. The van der Waals surface area contributed by atoms with Gasteiger partial charge in [0.1, 0.15) is 0 Å². The number of aromatic nitrogens is 1. The minimum absolute atomic E-state index is 0.0470. The number of nitrogens with two attached hydrogens (primary N) is 1. The van der Waals surface area contributed by atoms with Gasteiger partial charge in [-0.2, -0.15) is 0 Å². The van der Waals surface area contributed by atoms with Crippen molar-refractivity contribution in [3.63, 3.8) is 0 Å². The van der Waals surface area contributed by atoms with Crippen molar-refractivity contribution in [2.24, 2.45) is 5.73 Å². The van der Waals surface area contributed by atoms with E-state index in [4.69, 9.17) is 5.73 Å². The molecule has 1 heterocycles. The number of hydrogen-bond acceptors (Lipinski definition) is 5. The van der Waals surface area contributed by atoms with Gasteiger partial charge in [-0.15, -0.1) is 11.8 Å². The molecule has 0 fully saturated rings. The highest BCUT2D eigenvalue weighted by molar-refractivity contribution is 7.98. The van der Waals surface area contributed by atoms with E-state index in [1.807, 2.05) is 30.5 Å². The van der Waals surface area contributed by atoms with Crippen LogP contribution in [0.1, 0.15) is 32.7 Å². The lowest BCUT2D eigenvalue weighted by molar-refractivity contribution is -0.117. The van der Waals surface area contributed by atoms with Crippen LogP contribution in [-0.2, 0) is 10.5 Å². The van der Waals surface area contributed by atoms with Gasteiger partial charge in [0, 0.05) is 41.6 Å². The van der Waals surface area contributed by atoms with Crippen LogP contribution < -0.4 is 16.4 Å². The van der Waals surface area contributed by atoms with E-state index in [0.717, 1.165) is 16.2 Å². The highest BCUT2D eigenvalue weighted by Crippen LogP contribution is 2.23. The number of anilines is 1. The van der Waals surface area contributed by atoms with Crippen LogP contribution in [0.2, 0.25) is 0 Å². The number of nitrogens with zero attached hydrogens (tertiary/aromatic N) is 1. The molecule has 7 nitrogen and oxygen atoms in total. The largest absolute Gasteiger partial charge is 0.370 e. The summed E-state index contributed by atoms with van der Waals surface area (Å²) >= 11 is 1.66. The van der Waals surface area contributed by atoms with Crippen molar-refractivity contribution in [2.45, 2.75) is 17.1 Å². The second-order valence-corrected chi connectivity index (χ2v) is 7.70. The summed E-state index contributed by atoms with van der Waals surface area (Å²) in [6.45, 7) is 0.134. The lowest BCUT2D eigenvalue weighted by Crippen LogP contribution is -2.28. The van der Waals surface area contributed by atoms with E-state index in [2.05, 4.69) is 15.6 Å². The van der Waals surface area contributed by atoms with Crippen LogP contribution in [0.5, 0.6) is 0 Å². The van der Waals surface area contributed by atoms with E-state index in [1.165, 1.54) is 0 Å². The number of carbonyl (C=O) groups is 3. The zero-order valence-corrected chi connectivity index (χ0v) is 17.5. The maximum Gasteiger partial charge on any atom is 0.255 e. The Morgan fingerprint density at radius 3 is 2.42 bits per heavy atom. The SMILES string of the molecule is NC(=O)CCNC(=O)c1ccccc1NC(=O)c1ccc(SCc2cccnc2)cc1. The van der Waals surface area contributed by atoms with Gasteiger partial charge in [0.15, 0.2) is 0 Å². The molecule has 0 aliphatic rings. The normalized spacial score (nSPS) is 10.3. The van der Waals surface area contributed by atoms with Gasteiger partial charge in [0.25, 0.3) is 11.8 Å². The van der Waals surface area contributed by atoms with Crippen LogP contribution in [0.25, 0.3) is 0 Å². The number of amides is 3. The van der Waals surface area contributed by atoms with Crippen molar-refractivity contribution in [1.82, 2.24) is 10.3 Å². The van der Waals surface area contributed by atoms with E-state index in [-0.39, 0.29) is 24.8 Å². The highest BCUT2D eigenvalue weighted by atomic mass is 32.2. The predicted octanol–water partition coefficient (Wildman–Crippen LogP) is 3.23. The lowest BCUT2D eigenvalue weighted by Gasteiger charge is -2.11. The van der Waals surface area contributed by atoms with Gasteiger partial charge in [0.05, 0.1) is 11.3 Å². The van der Waals surface area contributed by atoms with Crippen LogP contribution >= 0.6 is 11.8 Å². The van der Waals surface area contributed by atoms with Gasteiger partial charge < -0.3 is 16.4 Å². The fourth-order valence-corrected chi connectivity index (χ4v) is 3.56. The summed E-state index contributed by atoms with van der Waals surface area (Å²) < 4.78 is 0. The minimum Gasteiger partial charge on any atom is -0.370 e. The maximum atomic E-state index is 12.7. The van der Waals surface area contributed by atoms with Crippen molar-refractivity contribution in [3.05, 3.63) is 89.7 Å². The second kappa shape index (κ2) is 10.9. The van der Waals surface area contributed by atoms with Gasteiger partial charge >= 0.3 is 0 Å². The standard InChI is InChI=1S/C23H22N4O3S/c24-21(28)11-13-26-23(30)19-5-1-2-6-20(19)27-22(29)17-7-9-18(10-8-17)31-15-16-4-3-12-25-14-16/h1-10,12,14H,11,13,15H2,(H2,24,28)(H,26,30)(H,27,29). The third kappa shape index (κ3) is 6.68. The molecular formula is C23H22N4O3S. The quantitative estimate of drug-likeness (QED) is 0.448. The number of hydrogen-bond donors (Lipinski definition) is 3. The predicted molar refractivity (Wildman–Crippen MR) is 121 cm³/mol. The number of primary amides is 1. The molecule has 3 aromatic rings.